The first-order chi connectivity index (χ1) is 34.5. The largest absolute Gasteiger partial charge is 0.508 e. The van der Waals surface area contributed by atoms with Gasteiger partial charge >= 0.3 is 5.97 Å². The lowest BCUT2D eigenvalue weighted by molar-refractivity contribution is -0.170. The van der Waals surface area contributed by atoms with Gasteiger partial charge in [-0.15, -0.1) is 19.3 Å². The molecule has 8 nitrogen and oxygen atoms in total. The van der Waals surface area contributed by atoms with Crippen molar-refractivity contribution < 1.29 is 34.9 Å². The molecule has 1 aromatic carbocycles. The van der Waals surface area contributed by atoms with Crippen LogP contribution in [0.1, 0.15) is 192 Å². The second-order valence-corrected chi connectivity index (χ2v) is 25.3. The highest BCUT2D eigenvalue weighted by atomic mass is 16.6. The van der Waals surface area contributed by atoms with Gasteiger partial charge in [0.2, 0.25) is 0 Å². The van der Waals surface area contributed by atoms with Crippen molar-refractivity contribution in [3.05, 3.63) is 52.6 Å². The molecule has 0 spiro atoms. The van der Waals surface area contributed by atoms with Gasteiger partial charge in [-0.25, -0.2) is 0 Å². The lowest BCUT2D eigenvalue weighted by Crippen LogP contribution is -2.55. The number of hydrogen-bond donors (Lipinski definition) is 4. The van der Waals surface area contributed by atoms with E-state index in [0.29, 0.717) is 76.6 Å². The Morgan fingerprint density at radius 2 is 1.25 bits per heavy atom. The number of fused-ring (bicyclic) bond motifs is 15. The summed E-state index contributed by atoms with van der Waals surface area (Å²) in [6.45, 7) is 8.15. The Balaban J connectivity index is 0.000000125. The Bertz CT molecular complexity index is 2540. The van der Waals surface area contributed by atoms with E-state index in [1.807, 2.05) is 18.2 Å². The van der Waals surface area contributed by atoms with Crippen LogP contribution in [0.25, 0.3) is 0 Å². The summed E-state index contributed by atoms with van der Waals surface area (Å²) in [4.78, 5) is 23.6. The number of phenolic OH excluding ortho intramolecular Hbond substituents is 1. The maximum atomic E-state index is 11.9. The maximum Gasteiger partial charge on any atom is 0.304 e. The number of phenols is 1. The monoisotopic (exact) mass is 978 g/mol. The molecule has 0 saturated heterocycles. The van der Waals surface area contributed by atoms with Crippen molar-refractivity contribution in [2.45, 2.75) is 205 Å². The summed E-state index contributed by atoms with van der Waals surface area (Å²) >= 11 is 0. The summed E-state index contributed by atoms with van der Waals surface area (Å²) in [5.74, 6) is 15.8. The van der Waals surface area contributed by atoms with Crippen LogP contribution in [0.3, 0.4) is 0 Å². The summed E-state index contributed by atoms with van der Waals surface area (Å²) in [6.07, 6.45) is 46.1. The number of ketones is 1. The van der Waals surface area contributed by atoms with Crippen molar-refractivity contribution in [3.63, 3.8) is 0 Å². The number of rotatable bonds is 3. The number of hydrogen-bond acceptors (Lipinski definition) is 8. The second kappa shape index (κ2) is 19.1. The van der Waals surface area contributed by atoms with Gasteiger partial charge < -0.3 is 25.3 Å². The van der Waals surface area contributed by atoms with E-state index in [1.165, 1.54) is 48.5 Å². The molecule has 0 radical (unpaired) electrons. The summed E-state index contributed by atoms with van der Waals surface area (Å²) in [5, 5.41) is 44.3. The van der Waals surface area contributed by atoms with Crippen LogP contribution in [0, 0.1) is 112 Å². The van der Waals surface area contributed by atoms with Crippen LogP contribution < -0.4 is 0 Å². The van der Waals surface area contributed by atoms with Gasteiger partial charge in [0.25, 0.3) is 0 Å². The van der Waals surface area contributed by atoms with Gasteiger partial charge in [0.1, 0.15) is 17.0 Å². The van der Waals surface area contributed by atoms with E-state index in [2.05, 4.69) is 55.8 Å². The van der Waals surface area contributed by atoms with Crippen molar-refractivity contribution in [1.82, 2.24) is 0 Å². The molecule has 0 unspecified atom stereocenters. The van der Waals surface area contributed by atoms with E-state index in [-0.39, 0.29) is 22.2 Å². The van der Waals surface area contributed by atoms with Crippen LogP contribution in [0.5, 0.6) is 5.75 Å². The summed E-state index contributed by atoms with van der Waals surface area (Å²) < 4.78 is 5.90. The summed E-state index contributed by atoms with van der Waals surface area (Å²) in [5.41, 5.74) is 3.70. The molecule has 17 atom stereocenters. The summed E-state index contributed by atoms with van der Waals surface area (Å²) in [6, 6.07) is 5.87. The molecule has 12 rings (SSSR count). The Labute approximate surface area is 431 Å². The first-order valence-corrected chi connectivity index (χ1v) is 28.6. The fourth-order valence-electron chi connectivity index (χ4n) is 20.2. The molecule has 4 N–H and O–H groups in total. The van der Waals surface area contributed by atoms with Gasteiger partial charge in [0.05, 0.1) is 5.71 Å². The van der Waals surface area contributed by atoms with Crippen LogP contribution >= 0.6 is 0 Å². The van der Waals surface area contributed by atoms with Crippen LogP contribution in [0.15, 0.2) is 46.7 Å². The number of carbonyl (C=O) groups is 2. The summed E-state index contributed by atoms with van der Waals surface area (Å²) in [7, 11) is 0. The predicted molar refractivity (Wildman–Crippen MR) is 281 cm³/mol. The Kier molecular flexibility index (Phi) is 13.6. The number of carbonyl (C=O) groups excluding carboxylic acids is 2. The Hall–Kier alpha value is -4.29. The van der Waals surface area contributed by atoms with Crippen LogP contribution in [-0.2, 0) is 20.7 Å². The molecule has 8 heteroatoms. The zero-order chi connectivity index (χ0) is 51.0. The average Bonchev–Trinajstić information content (AvgIpc) is 4.00. The standard InChI is InChI=1S/C23H31NO3.C21H28O2.C20H24O2/c1-4-22-12-10-19-18-9-7-17(24-26)14-16(18)6-8-20(19)21(22)11-13-23(22,5-2)27-15(3)25;1-3-20-11-9-17-16-8-6-15(22)13-14(16)5-7-18(17)19(20)10-12-21(20,23)4-2;1-3-20(22)11-9-18-17-6-4-13-12-14(21)5-7-15(13)16(17)8-10-19(18,20)2/h2,14,18-21,26H,4,6-13H2,1,3H3;2,13,16-19,23H,3,5-12H2,1H3;1,5,7,12,16-18,21-22H,4,6,8-11H2,2H3/b24-17+;;/t18-,19+,20+,21-,22-,23-;16-,17+,18+,19-,20-,21-;16-,17-,18+,19+,20+/m001/s1. The van der Waals surface area contributed by atoms with Crippen molar-refractivity contribution in [2.75, 3.05) is 0 Å². The third kappa shape index (κ3) is 7.73. The van der Waals surface area contributed by atoms with Gasteiger partial charge in [-0.05, 0) is 248 Å². The number of aliphatic hydroxyl groups is 2. The number of esters is 1. The zero-order valence-corrected chi connectivity index (χ0v) is 43.9. The van der Waals surface area contributed by atoms with Gasteiger partial charge in [-0.2, -0.15) is 0 Å². The van der Waals surface area contributed by atoms with Crippen LogP contribution in [0.2, 0.25) is 0 Å². The number of nitrogens with zero attached hydrogens (tertiary/aromatic N) is 1. The lowest BCUT2D eigenvalue weighted by Gasteiger charge is -2.56. The lowest BCUT2D eigenvalue weighted by atomic mass is 9.49. The first-order valence-electron chi connectivity index (χ1n) is 28.6. The van der Waals surface area contributed by atoms with E-state index in [1.54, 1.807) is 0 Å². The number of aryl methyl sites for hydroxylation is 1. The van der Waals surface area contributed by atoms with Gasteiger partial charge in [-0.1, -0.05) is 60.9 Å². The highest BCUT2D eigenvalue weighted by Crippen LogP contribution is 2.69. The topological polar surface area (TPSA) is 137 Å². The van der Waals surface area contributed by atoms with Crippen molar-refractivity contribution in [3.8, 4) is 42.8 Å². The van der Waals surface area contributed by atoms with Gasteiger partial charge in [-0.3, -0.25) is 9.59 Å². The molecule has 72 heavy (non-hydrogen) atoms. The molecule has 0 aromatic heterocycles. The molecule has 11 aliphatic carbocycles. The number of oxime groups is 1. The molecule has 386 valence electrons. The van der Waals surface area contributed by atoms with Crippen molar-refractivity contribution in [1.29, 1.82) is 0 Å². The van der Waals surface area contributed by atoms with Crippen molar-refractivity contribution in [2.24, 2.45) is 80.6 Å². The van der Waals surface area contributed by atoms with E-state index in [0.717, 1.165) is 141 Å². The van der Waals surface area contributed by atoms with Crippen LogP contribution in [-0.4, -0.2) is 54.8 Å². The van der Waals surface area contributed by atoms with Crippen molar-refractivity contribution >= 4 is 17.5 Å². The molecular weight excluding hydrogens is 895 g/mol. The fraction of sp³-hybridized carbons (Fsp3) is 0.703. The van der Waals surface area contributed by atoms with E-state index >= 15 is 0 Å². The first kappa shape index (κ1) is 51.2. The highest BCUT2D eigenvalue weighted by molar-refractivity contribution is 5.96. The molecular formula is C64H83NO7. The minimum atomic E-state index is -0.919. The Morgan fingerprint density at radius 1 is 0.653 bits per heavy atom. The average molecular weight is 978 g/mol. The fourth-order valence-corrected chi connectivity index (χ4v) is 20.2. The number of ether oxygens (including phenoxy) is 1. The molecule has 0 aliphatic heterocycles. The molecule has 8 saturated carbocycles. The molecule has 11 aliphatic rings. The molecule has 8 fully saturated rings. The zero-order valence-electron chi connectivity index (χ0n) is 43.9. The van der Waals surface area contributed by atoms with E-state index in [4.69, 9.17) is 29.2 Å². The SMILES string of the molecule is C#C[C@]1(O)CC[C@H]2[C@@H]3CCC4=CC(=O)CC[C@@H]4[C@H]3CC[C@@]21CC.C#C[C@]1(O)CC[C@H]2[C@@H]3CCc4cc(O)ccc4[C@H]3CC[C@@]21C.C#C[C@]1(OC(C)=O)CC[C@H]2[C@@H]3CCC4=C/C(=N/O)CC[C@@H]4[C@H]3CC[C@@]21CC. The maximum absolute atomic E-state index is 11.9. The van der Waals surface area contributed by atoms with E-state index in [9.17, 15) is 24.9 Å². The van der Waals surface area contributed by atoms with Crippen LogP contribution in [0.4, 0.5) is 0 Å². The molecule has 0 amide bonds. The minimum Gasteiger partial charge on any atom is -0.508 e. The second-order valence-electron chi connectivity index (χ2n) is 25.3. The number of aromatic hydroxyl groups is 1. The van der Waals surface area contributed by atoms with Gasteiger partial charge in [0, 0.05) is 29.6 Å². The predicted octanol–water partition coefficient (Wildman–Crippen LogP) is 12.2. The van der Waals surface area contributed by atoms with E-state index < -0.39 is 16.8 Å². The number of allylic oxidation sites excluding steroid dienone is 3. The molecule has 0 heterocycles. The third-order valence-corrected chi connectivity index (χ3v) is 23.6. The third-order valence-electron chi connectivity index (χ3n) is 23.6. The smallest absolute Gasteiger partial charge is 0.304 e. The van der Waals surface area contributed by atoms with Gasteiger partial charge in [0.15, 0.2) is 11.4 Å². The Morgan fingerprint density at radius 3 is 1.89 bits per heavy atom. The highest BCUT2D eigenvalue weighted by Gasteiger charge is 2.67. The molecule has 0 bridgehead atoms. The quantitative estimate of drug-likeness (QED) is 0.102. The molecule has 1 aromatic rings. The normalized spacial score (nSPS) is 45.3. The minimum absolute atomic E-state index is 0.0609. The number of terminal acetylenes is 3. The number of benzene rings is 1.